The lowest BCUT2D eigenvalue weighted by Crippen LogP contribution is -2.53. The van der Waals surface area contributed by atoms with Crippen molar-refractivity contribution >= 4 is 11.8 Å². The average Bonchev–Trinajstić information content (AvgIpc) is 3.29. The zero-order valence-electron chi connectivity index (χ0n) is 19.7. The van der Waals surface area contributed by atoms with E-state index in [1.165, 1.54) is 25.9 Å². The molecule has 6 heteroatoms. The number of amides is 2. The third kappa shape index (κ3) is 5.79. The number of rotatable bonds is 8. The van der Waals surface area contributed by atoms with Crippen LogP contribution in [0.15, 0.2) is 18.2 Å². The molecule has 2 fully saturated rings. The molecule has 1 atom stereocenters. The van der Waals surface area contributed by atoms with Gasteiger partial charge in [-0.1, -0.05) is 19.9 Å². The number of methoxy groups -OCH3 is 1. The summed E-state index contributed by atoms with van der Waals surface area (Å²) >= 11 is 0. The molecule has 0 spiro atoms. The summed E-state index contributed by atoms with van der Waals surface area (Å²) in [5.41, 5.74) is 1.56. The van der Waals surface area contributed by atoms with Crippen LogP contribution in [0.4, 0.5) is 0 Å². The molecule has 1 unspecified atom stereocenters. The smallest absolute Gasteiger partial charge is 0.254 e. The minimum absolute atomic E-state index is 0.0292. The number of hydrogen-bond acceptors (Lipinski definition) is 4. The SMILES string of the molecule is COc1cccc(C(=O)N2CCCC(N(CCCN3CCCC3)C(=O)C(C)C)C2)c1C. The maximum Gasteiger partial charge on any atom is 0.254 e. The molecular formula is C25H39N3O3. The summed E-state index contributed by atoms with van der Waals surface area (Å²) < 4.78 is 5.40. The van der Waals surface area contributed by atoms with Crippen molar-refractivity contribution in [3.63, 3.8) is 0 Å². The molecule has 2 aliphatic heterocycles. The molecule has 0 bridgehead atoms. The maximum atomic E-state index is 13.3. The van der Waals surface area contributed by atoms with Gasteiger partial charge in [-0.15, -0.1) is 0 Å². The molecule has 0 aromatic heterocycles. The summed E-state index contributed by atoms with van der Waals surface area (Å²) in [6.45, 7) is 11.4. The van der Waals surface area contributed by atoms with Crippen molar-refractivity contribution in [2.24, 2.45) is 5.92 Å². The quantitative estimate of drug-likeness (QED) is 0.634. The van der Waals surface area contributed by atoms with Crippen LogP contribution in [0.25, 0.3) is 0 Å². The van der Waals surface area contributed by atoms with Crippen LogP contribution in [-0.4, -0.2) is 78.9 Å². The Balaban J connectivity index is 1.68. The van der Waals surface area contributed by atoms with Gasteiger partial charge in [0, 0.05) is 42.7 Å². The van der Waals surface area contributed by atoms with Gasteiger partial charge in [0.25, 0.3) is 5.91 Å². The maximum absolute atomic E-state index is 13.3. The van der Waals surface area contributed by atoms with E-state index in [0.29, 0.717) is 12.1 Å². The van der Waals surface area contributed by atoms with Gasteiger partial charge in [0.05, 0.1) is 7.11 Å². The number of hydrogen-bond donors (Lipinski definition) is 0. The molecule has 0 radical (unpaired) electrons. The summed E-state index contributed by atoms with van der Waals surface area (Å²) in [4.78, 5) is 32.9. The topological polar surface area (TPSA) is 53.1 Å². The van der Waals surface area contributed by atoms with Gasteiger partial charge in [-0.2, -0.15) is 0 Å². The van der Waals surface area contributed by atoms with Crippen LogP contribution in [0.5, 0.6) is 5.75 Å². The van der Waals surface area contributed by atoms with Crippen molar-refractivity contribution in [1.29, 1.82) is 0 Å². The Morgan fingerprint density at radius 3 is 2.58 bits per heavy atom. The lowest BCUT2D eigenvalue weighted by atomic mass is 9.99. The Kier molecular flexibility index (Phi) is 8.35. The van der Waals surface area contributed by atoms with E-state index in [1.54, 1.807) is 7.11 Å². The minimum Gasteiger partial charge on any atom is -0.496 e. The van der Waals surface area contributed by atoms with Gasteiger partial charge in [0.2, 0.25) is 5.91 Å². The van der Waals surface area contributed by atoms with Crippen molar-refractivity contribution < 1.29 is 14.3 Å². The number of ether oxygens (including phenoxy) is 1. The van der Waals surface area contributed by atoms with Gasteiger partial charge in [-0.05, 0) is 70.8 Å². The van der Waals surface area contributed by atoms with Gasteiger partial charge in [-0.3, -0.25) is 9.59 Å². The summed E-state index contributed by atoms with van der Waals surface area (Å²) in [7, 11) is 1.63. The van der Waals surface area contributed by atoms with Crippen molar-refractivity contribution in [3.8, 4) is 5.75 Å². The summed E-state index contributed by atoms with van der Waals surface area (Å²) in [5.74, 6) is 0.949. The second-order valence-corrected chi connectivity index (χ2v) is 9.27. The van der Waals surface area contributed by atoms with Crippen LogP contribution < -0.4 is 4.74 Å². The van der Waals surface area contributed by atoms with Crippen LogP contribution in [0, 0.1) is 12.8 Å². The lowest BCUT2D eigenvalue weighted by molar-refractivity contribution is -0.138. The van der Waals surface area contributed by atoms with Crippen LogP contribution in [0.2, 0.25) is 0 Å². The Morgan fingerprint density at radius 2 is 1.90 bits per heavy atom. The van der Waals surface area contributed by atoms with Crippen molar-refractivity contribution in [3.05, 3.63) is 29.3 Å². The first-order valence-electron chi connectivity index (χ1n) is 11.9. The third-order valence-electron chi connectivity index (χ3n) is 6.71. The normalized spacial score (nSPS) is 19.6. The molecule has 2 amide bonds. The Bertz CT molecular complexity index is 758. The molecule has 0 saturated carbocycles. The molecule has 31 heavy (non-hydrogen) atoms. The molecule has 1 aromatic rings. The van der Waals surface area contributed by atoms with E-state index in [-0.39, 0.29) is 23.8 Å². The number of benzene rings is 1. The van der Waals surface area contributed by atoms with Gasteiger partial charge < -0.3 is 19.4 Å². The van der Waals surface area contributed by atoms with Crippen LogP contribution in [0.3, 0.4) is 0 Å². The Labute approximate surface area is 187 Å². The summed E-state index contributed by atoms with van der Waals surface area (Å²) in [5, 5.41) is 0. The highest BCUT2D eigenvalue weighted by atomic mass is 16.5. The van der Waals surface area contributed by atoms with Gasteiger partial charge in [0.15, 0.2) is 0 Å². The molecule has 1 aromatic carbocycles. The molecule has 172 valence electrons. The zero-order valence-corrected chi connectivity index (χ0v) is 19.7. The second kappa shape index (κ2) is 11.0. The second-order valence-electron chi connectivity index (χ2n) is 9.27. The van der Waals surface area contributed by atoms with Crippen LogP contribution >= 0.6 is 0 Å². The highest BCUT2D eigenvalue weighted by Crippen LogP contribution is 2.25. The molecule has 0 N–H and O–H groups in total. The van der Waals surface area contributed by atoms with E-state index in [4.69, 9.17) is 4.74 Å². The predicted molar refractivity (Wildman–Crippen MR) is 123 cm³/mol. The Hall–Kier alpha value is -2.08. The molecule has 6 nitrogen and oxygen atoms in total. The zero-order chi connectivity index (χ0) is 22.4. The summed E-state index contributed by atoms with van der Waals surface area (Å²) in [6, 6.07) is 5.72. The van der Waals surface area contributed by atoms with Gasteiger partial charge in [0.1, 0.15) is 5.75 Å². The fraction of sp³-hybridized carbons (Fsp3) is 0.680. The number of carbonyl (C=O) groups excluding carboxylic acids is 2. The first-order chi connectivity index (χ1) is 14.9. The number of nitrogens with zero attached hydrogens (tertiary/aromatic N) is 3. The molecule has 2 aliphatic rings. The van der Waals surface area contributed by atoms with E-state index in [2.05, 4.69) is 9.80 Å². The number of piperidine rings is 1. The third-order valence-corrected chi connectivity index (χ3v) is 6.71. The van der Waals surface area contributed by atoms with E-state index in [0.717, 1.165) is 50.2 Å². The standard InChI is InChI=1S/C25H39N3O3/c1-19(2)24(29)28(17-9-15-26-13-5-6-14-26)21-10-8-16-27(18-21)25(30)22-11-7-12-23(31-4)20(22)3/h7,11-12,19,21H,5-6,8-10,13-18H2,1-4H3. The van der Waals surface area contributed by atoms with Crippen LogP contribution in [-0.2, 0) is 4.79 Å². The molecule has 0 aliphatic carbocycles. The molecule has 3 rings (SSSR count). The van der Waals surface area contributed by atoms with Gasteiger partial charge in [-0.25, -0.2) is 0 Å². The molecule has 2 saturated heterocycles. The lowest BCUT2D eigenvalue weighted by Gasteiger charge is -2.40. The van der Waals surface area contributed by atoms with Crippen molar-refractivity contribution in [2.45, 2.75) is 58.9 Å². The van der Waals surface area contributed by atoms with Crippen LogP contribution in [0.1, 0.15) is 61.9 Å². The largest absolute Gasteiger partial charge is 0.496 e. The van der Waals surface area contributed by atoms with Gasteiger partial charge >= 0.3 is 0 Å². The molecule has 2 heterocycles. The monoisotopic (exact) mass is 429 g/mol. The summed E-state index contributed by atoms with van der Waals surface area (Å²) in [6.07, 6.45) is 5.46. The highest BCUT2D eigenvalue weighted by molar-refractivity contribution is 5.96. The van der Waals surface area contributed by atoms with Crippen molar-refractivity contribution in [2.75, 3.05) is 46.4 Å². The van der Waals surface area contributed by atoms with E-state index in [9.17, 15) is 9.59 Å². The predicted octanol–water partition coefficient (Wildman–Crippen LogP) is 3.58. The fourth-order valence-corrected chi connectivity index (χ4v) is 4.91. The Morgan fingerprint density at radius 1 is 1.16 bits per heavy atom. The van der Waals surface area contributed by atoms with E-state index in [1.807, 2.05) is 43.9 Å². The van der Waals surface area contributed by atoms with Crippen molar-refractivity contribution in [1.82, 2.24) is 14.7 Å². The fourth-order valence-electron chi connectivity index (χ4n) is 4.91. The first-order valence-corrected chi connectivity index (χ1v) is 11.9. The minimum atomic E-state index is -0.0292. The number of carbonyl (C=O) groups is 2. The van der Waals surface area contributed by atoms with E-state index >= 15 is 0 Å². The van der Waals surface area contributed by atoms with E-state index < -0.39 is 0 Å². The average molecular weight is 430 g/mol. The molecular weight excluding hydrogens is 390 g/mol. The first kappa shape index (κ1) is 23.6. The number of likely N-dealkylation sites (tertiary alicyclic amines) is 2. The highest BCUT2D eigenvalue weighted by Gasteiger charge is 2.32.